The maximum absolute atomic E-state index is 12.7. The summed E-state index contributed by atoms with van der Waals surface area (Å²) >= 11 is 0. The average Bonchev–Trinajstić information content (AvgIpc) is 3.05. The zero-order valence-electron chi connectivity index (χ0n) is 13.5. The molecule has 0 aromatic heterocycles. The molecule has 2 aliphatic rings. The normalized spacial score (nSPS) is 26.6. The molecule has 2 N–H and O–H groups in total. The quantitative estimate of drug-likeness (QED) is 0.879. The van der Waals surface area contributed by atoms with Crippen molar-refractivity contribution in [1.82, 2.24) is 20.7 Å². The zero-order chi connectivity index (χ0) is 15.5. The van der Waals surface area contributed by atoms with Crippen molar-refractivity contribution in [3.05, 3.63) is 35.9 Å². The molecule has 2 unspecified atom stereocenters. The molecule has 1 amide bonds. The Kier molecular flexibility index (Phi) is 4.76. The molecule has 2 saturated heterocycles. The van der Waals surface area contributed by atoms with Crippen LogP contribution in [0.3, 0.4) is 0 Å². The van der Waals surface area contributed by atoms with E-state index in [4.69, 9.17) is 0 Å². The van der Waals surface area contributed by atoms with Gasteiger partial charge in [0.15, 0.2) is 0 Å². The van der Waals surface area contributed by atoms with Crippen molar-refractivity contribution >= 4 is 5.91 Å². The summed E-state index contributed by atoms with van der Waals surface area (Å²) in [6, 6.07) is 11.0. The van der Waals surface area contributed by atoms with E-state index in [1.165, 1.54) is 5.56 Å². The van der Waals surface area contributed by atoms with Crippen LogP contribution in [0.2, 0.25) is 0 Å². The number of hydrogen-bond donors (Lipinski definition) is 2. The van der Waals surface area contributed by atoms with Gasteiger partial charge in [-0.15, -0.1) is 0 Å². The van der Waals surface area contributed by atoms with Gasteiger partial charge in [0.25, 0.3) is 0 Å². The molecule has 120 valence electrons. The highest BCUT2D eigenvalue weighted by atomic mass is 16.2. The lowest BCUT2D eigenvalue weighted by Gasteiger charge is -2.37. The SMILES string of the molecule is CC(C)N1CCN(C(=O)C2CC(c3ccccc3)NN2)CC1. The smallest absolute Gasteiger partial charge is 0.241 e. The van der Waals surface area contributed by atoms with E-state index in [-0.39, 0.29) is 18.0 Å². The average molecular weight is 302 g/mol. The van der Waals surface area contributed by atoms with Crippen LogP contribution in [0.25, 0.3) is 0 Å². The van der Waals surface area contributed by atoms with E-state index in [9.17, 15) is 4.79 Å². The van der Waals surface area contributed by atoms with Gasteiger partial charge in [0.2, 0.25) is 5.91 Å². The van der Waals surface area contributed by atoms with Crippen LogP contribution in [0.4, 0.5) is 0 Å². The fraction of sp³-hybridized carbons (Fsp3) is 0.588. The van der Waals surface area contributed by atoms with Gasteiger partial charge in [0.05, 0.1) is 0 Å². The molecule has 0 radical (unpaired) electrons. The number of nitrogens with one attached hydrogen (secondary N) is 2. The molecule has 0 bridgehead atoms. The van der Waals surface area contributed by atoms with E-state index >= 15 is 0 Å². The maximum Gasteiger partial charge on any atom is 0.241 e. The van der Waals surface area contributed by atoms with E-state index in [1.54, 1.807) is 0 Å². The molecule has 1 aromatic rings. The highest BCUT2D eigenvalue weighted by Crippen LogP contribution is 2.23. The Morgan fingerprint density at radius 1 is 1.09 bits per heavy atom. The van der Waals surface area contributed by atoms with Gasteiger partial charge in [0.1, 0.15) is 6.04 Å². The van der Waals surface area contributed by atoms with Crippen molar-refractivity contribution in [2.24, 2.45) is 0 Å². The Hall–Kier alpha value is -1.43. The molecule has 5 heteroatoms. The van der Waals surface area contributed by atoms with Crippen molar-refractivity contribution < 1.29 is 4.79 Å². The van der Waals surface area contributed by atoms with E-state index in [1.807, 2.05) is 23.1 Å². The standard InChI is InChI=1S/C17H26N4O/c1-13(2)20-8-10-21(11-9-20)17(22)16-12-15(18-19-16)14-6-4-3-5-7-14/h3-7,13,15-16,18-19H,8-12H2,1-2H3. The summed E-state index contributed by atoms with van der Waals surface area (Å²) in [6.45, 7) is 8.06. The third-order valence-electron chi connectivity index (χ3n) is 4.76. The highest BCUT2D eigenvalue weighted by Gasteiger charge is 2.34. The fourth-order valence-electron chi connectivity index (χ4n) is 3.30. The first-order valence-corrected chi connectivity index (χ1v) is 8.24. The number of hydrogen-bond acceptors (Lipinski definition) is 4. The van der Waals surface area contributed by atoms with Crippen LogP contribution in [-0.4, -0.2) is 54.0 Å². The van der Waals surface area contributed by atoms with Gasteiger partial charge >= 0.3 is 0 Å². The minimum Gasteiger partial charge on any atom is -0.339 e. The Bertz CT molecular complexity index is 497. The van der Waals surface area contributed by atoms with Crippen LogP contribution in [0, 0.1) is 0 Å². The van der Waals surface area contributed by atoms with Crippen molar-refractivity contribution in [3.63, 3.8) is 0 Å². The number of amides is 1. The van der Waals surface area contributed by atoms with Gasteiger partial charge in [0, 0.05) is 38.3 Å². The predicted octanol–water partition coefficient (Wildman–Crippen LogP) is 1.15. The molecule has 2 heterocycles. The van der Waals surface area contributed by atoms with Gasteiger partial charge in [-0.05, 0) is 25.8 Å². The highest BCUT2D eigenvalue weighted by molar-refractivity contribution is 5.82. The number of carbonyl (C=O) groups is 1. The third kappa shape index (κ3) is 3.32. The van der Waals surface area contributed by atoms with Gasteiger partial charge in [-0.25, -0.2) is 10.9 Å². The monoisotopic (exact) mass is 302 g/mol. The Morgan fingerprint density at radius 2 is 1.77 bits per heavy atom. The summed E-state index contributed by atoms with van der Waals surface area (Å²) in [5, 5.41) is 0. The summed E-state index contributed by atoms with van der Waals surface area (Å²) in [7, 11) is 0. The van der Waals surface area contributed by atoms with Crippen LogP contribution in [0.15, 0.2) is 30.3 Å². The number of hydrazine groups is 1. The summed E-state index contributed by atoms with van der Waals surface area (Å²) in [5.41, 5.74) is 7.67. The first-order chi connectivity index (χ1) is 10.6. The zero-order valence-corrected chi connectivity index (χ0v) is 13.5. The van der Waals surface area contributed by atoms with Crippen LogP contribution < -0.4 is 10.9 Å². The van der Waals surface area contributed by atoms with E-state index in [0.717, 1.165) is 32.6 Å². The second kappa shape index (κ2) is 6.77. The van der Waals surface area contributed by atoms with E-state index < -0.39 is 0 Å². The second-order valence-electron chi connectivity index (χ2n) is 6.50. The largest absolute Gasteiger partial charge is 0.339 e. The number of piperazine rings is 1. The molecule has 22 heavy (non-hydrogen) atoms. The molecule has 2 aliphatic heterocycles. The number of carbonyl (C=O) groups excluding carboxylic acids is 1. The predicted molar refractivity (Wildman–Crippen MR) is 87.1 cm³/mol. The minimum atomic E-state index is -0.115. The molecule has 2 fully saturated rings. The van der Waals surface area contributed by atoms with Crippen molar-refractivity contribution in [3.8, 4) is 0 Å². The van der Waals surface area contributed by atoms with Crippen molar-refractivity contribution in [2.75, 3.05) is 26.2 Å². The topological polar surface area (TPSA) is 47.6 Å². The molecular weight excluding hydrogens is 276 g/mol. The Labute approximate surface area is 132 Å². The number of benzene rings is 1. The molecule has 1 aromatic carbocycles. The lowest BCUT2D eigenvalue weighted by molar-refractivity contribution is -0.135. The molecule has 3 rings (SSSR count). The van der Waals surface area contributed by atoms with E-state index in [0.29, 0.717) is 6.04 Å². The van der Waals surface area contributed by atoms with Gasteiger partial charge < -0.3 is 4.90 Å². The summed E-state index contributed by atoms with van der Waals surface area (Å²) in [4.78, 5) is 17.1. The molecular formula is C17H26N4O. The van der Waals surface area contributed by atoms with Crippen LogP contribution in [0.1, 0.15) is 31.9 Å². The first kappa shape index (κ1) is 15.5. The van der Waals surface area contributed by atoms with Gasteiger partial charge in [-0.3, -0.25) is 9.69 Å². The van der Waals surface area contributed by atoms with Crippen LogP contribution >= 0.6 is 0 Å². The minimum absolute atomic E-state index is 0.115. The van der Waals surface area contributed by atoms with Crippen molar-refractivity contribution in [2.45, 2.75) is 38.4 Å². The van der Waals surface area contributed by atoms with Crippen LogP contribution in [0.5, 0.6) is 0 Å². The molecule has 0 aliphatic carbocycles. The van der Waals surface area contributed by atoms with Crippen LogP contribution in [-0.2, 0) is 4.79 Å². The van der Waals surface area contributed by atoms with E-state index in [2.05, 4.69) is 41.7 Å². The lowest BCUT2D eigenvalue weighted by Crippen LogP contribution is -2.54. The van der Waals surface area contributed by atoms with Crippen molar-refractivity contribution in [1.29, 1.82) is 0 Å². The third-order valence-corrected chi connectivity index (χ3v) is 4.76. The molecule has 0 saturated carbocycles. The Morgan fingerprint density at radius 3 is 2.41 bits per heavy atom. The Balaban J connectivity index is 1.54. The molecule has 5 nitrogen and oxygen atoms in total. The summed E-state index contributed by atoms with van der Waals surface area (Å²) in [5.74, 6) is 0.231. The maximum atomic E-state index is 12.7. The van der Waals surface area contributed by atoms with Gasteiger partial charge in [-0.2, -0.15) is 0 Å². The summed E-state index contributed by atoms with van der Waals surface area (Å²) < 4.78 is 0. The number of rotatable bonds is 3. The first-order valence-electron chi connectivity index (χ1n) is 8.24. The summed E-state index contributed by atoms with van der Waals surface area (Å²) in [6.07, 6.45) is 0.813. The fourth-order valence-corrected chi connectivity index (χ4v) is 3.30. The second-order valence-corrected chi connectivity index (χ2v) is 6.50. The van der Waals surface area contributed by atoms with Gasteiger partial charge in [-0.1, -0.05) is 30.3 Å². The molecule has 2 atom stereocenters. The molecule has 0 spiro atoms. The number of nitrogens with zero attached hydrogens (tertiary/aromatic N) is 2. The lowest BCUT2D eigenvalue weighted by atomic mass is 10.0.